The van der Waals surface area contributed by atoms with Crippen LogP contribution in [-0.4, -0.2) is 0 Å². The SMILES string of the molecule is Clc1ccccc1CCCc1ccc(-c2ccccc2)cc1. The second-order valence-corrected chi connectivity index (χ2v) is 5.92. The highest BCUT2D eigenvalue weighted by Crippen LogP contribution is 2.21. The van der Waals surface area contributed by atoms with Gasteiger partial charge in [-0.05, 0) is 47.6 Å². The summed E-state index contributed by atoms with van der Waals surface area (Å²) in [4.78, 5) is 0. The van der Waals surface area contributed by atoms with Crippen LogP contribution in [0.5, 0.6) is 0 Å². The molecule has 0 bridgehead atoms. The summed E-state index contributed by atoms with van der Waals surface area (Å²) in [5.41, 5.74) is 5.16. The fourth-order valence-electron chi connectivity index (χ4n) is 2.68. The molecule has 0 radical (unpaired) electrons. The van der Waals surface area contributed by atoms with Crippen LogP contribution in [0.4, 0.5) is 0 Å². The van der Waals surface area contributed by atoms with Crippen LogP contribution in [0.1, 0.15) is 17.5 Å². The zero-order valence-corrected chi connectivity index (χ0v) is 13.3. The van der Waals surface area contributed by atoms with Crippen LogP contribution in [0.15, 0.2) is 78.9 Å². The van der Waals surface area contributed by atoms with Crippen LogP contribution in [0.3, 0.4) is 0 Å². The lowest BCUT2D eigenvalue weighted by atomic mass is 10.0. The van der Waals surface area contributed by atoms with Crippen LogP contribution >= 0.6 is 11.6 Å². The monoisotopic (exact) mass is 306 g/mol. The number of halogens is 1. The second-order valence-electron chi connectivity index (χ2n) is 5.51. The Bertz CT molecular complexity index is 714. The van der Waals surface area contributed by atoms with Crippen LogP contribution in [0.2, 0.25) is 5.02 Å². The van der Waals surface area contributed by atoms with Crippen molar-refractivity contribution >= 4 is 11.6 Å². The molecule has 3 aromatic rings. The van der Waals surface area contributed by atoms with Crippen molar-refractivity contribution in [1.29, 1.82) is 0 Å². The fraction of sp³-hybridized carbons (Fsp3) is 0.143. The van der Waals surface area contributed by atoms with E-state index in [1.165, 1.54) is 22.3 Å². The van der Waals surface area contributed by atoms with E-state index in [9.17, 15) is 0 Å². The Kier molecular flexibility index (Phi) is 4.92. The smallest absolute Gasteiger partial charge is 0.0437 e. The van der Waals surface area contributed by atoms with Crippen LogP contribution < -0.4 is 0 Å². The minimum Gasteiger partial charge on any atom is -0.0840 e. The van der Waals surface area contributed by atoms with Gasteiger partial charge >= 0.3 is 0 Å². The zero-order chi connectivity index (χ0) is 15.2. The number of aryl methyl sites for hydroxylation is 2. The van der Waals surface area contributed by atoms with Crippen molar-refractivity contribution < 1.29 is 0 Å². The molecular weight excluding hydrogens is 288 g/mol. The Morgan fingerprint density at radius 1 is 0.591 bits per heavy atom. The summed E-state index contributed by atoms with van der Waals surface area (Å²) >= 11 is 6.19. The largest absolute Gasteiger partial charge is 0.0840 e. The molecule has 1 heteroatoms. The quantitative estimate of drug-likeness (QED) is 0.528. The first-order valence-corrected chi connectivity index (χ1v) is 8.08. The van der Waals surface area contributed by atoms with Crippen LogP contribution in [-0.2, 0) is 12.8 Å². The van der Waals surface area contributed by atoms with Crippen LogP contribution in [0.25, 0.3) is 11.1 Å². The summed E-state index contributed by atoms with van der Waals surface area (Å²) in [5.74, 6) is 0. The maximum absolute atomic E-state index is 6.19. The first-order chi connectivity index (χ1) is 10.8. The lowest BCUT2D eigenvalue weighted by Gasteiger charge is -2.06. The van der Waals surface area contributed by atoms with Crippen molar-refractivity contribution in [3.05, 3.63) is 95.0 Å². The van der Waals surface area contributed by atoms with Gasteiger partial charge in [-0.15, -0.1) is 0 Å². The molecule has 0 heterocycles. The van der Waals surface area contributed by atoms with Gasteiger partial charge in [0.15, 0.2) is 0 Å². The van der Waals surface area contributed by atoms with E-state index in [4.69, 9.17) is 11.6 Å². The molecule has 110 valence electrons. The molecule has 0 amide bonds. The van der Waals surface area contributed by atoms with Crippen molar-refractivity contribution in [3.8, 4) is 11.1 Å². The summed E-state index contributed by atoms with van der Waals surface area (Å²) in [6, 6.07) is 27.5. The third-order valence-electron chi connectivity index (χ3n) is 3.93. The average Bonchev–Trinajstić information content (AvgIpc) is 2.58. The topological polar surface area (TPSA) is 0 Å². The Balaban J connectivity index is 1.59. The number of hydrogen-bond donors (Lipinski definition) is 0. The average molecular weight is 307 g/mol. The van der Waals surface area contributed by atoms with Gasteiger partial charge in [-0.1, -0.05) is 84.4 Å². The van der Waals surface area contributed by atoms with E-state index in [0.717, 1.165) is 24.3 Å². The number of hydrogen-bond acceptors (Lipinski definition) is 0. The predicted octanol–water partition coefficient (Wildman–Crippen LogP) is 6.18. The molecule has 0 nitrogen and oxygen atoms in total. The zero-order valence-electron chi connectivity index (χ0n) is 12.5. The lowest BCUT2D eigenvalue weighted by molar-refractivity contribution is 0.821. The van der Waals surface area contributed by atoms with Crippen molar-refractivity contribution in [2.75, 3.05) is 0 Å². The van der Waals surface area contributed by atoms with E-state index >= 15 is 0 Å². The van der Waals surface area contributed by atoms with Gasteiger partial charge < -0.3 is 0 Å². The molecule has 0 aliphatic heterocycles. The molecule has 0 unspecified atom stereocenters. The van der Waals surface area contributed by atoms with Gasteiger partial charge in [0.05, 0.1) is 0 Å². The van der Waals surface area contributed by atoms with Crippen molar-refractivity contribution in [2.45, 2.75) is 19.3 Å². The highest BCUT2D eigenvalue weighted by molar-refractivity contribution is 6.31. The van der Waals surface area contributed by atoms with E-state index in [1.54, 1.807) is 0 Å². The first-order valence-electron chi connectivity index (χ1n) is 7.71. The van der Waals surface area contributed by atoms with Gasteiger partial charge in [0.25, 0.3) is 0 Å². The normalized spacial score (nSPS) is 10.6. The predicted molar refractivity (Wildman–Crippen MR) is 95.4 cm³/mol. The third kappa shape index (κ3) is 3.78. The van der Waals surface area contributed by atoms with E-state index in [0.29, 0.717) is 0 Å². The molecular formula is C21H19Cl. The molecule has 22 heavy (non-hydrogen) atoms. The molecule has 0 saturated heterocycles. The Hall–Kier alpha value is -2.05. The fourth-order valence-corrected chi connectivity index (χ4v) is 2.91. The minimum absolute atomic E-state index is 0.877. The maximum atomic E-state index is 6.19. The molecule has 0 aromatic heterocycles. The summed E-state index contributed by atoms with van der Waals surface area (Å²) in [5, 5.41) is 0.877. The number of rotatable bonds is 5. The second kappa shape index (κ2) is 7.29. The summed E-state index contributed by atoms with van der Waals surface area (Å²) in [6.45, 7) is 0. The Morgan fingerprint density at radius 3 is 1.95 bits per heavy atom. The Morgan fingerprint density at radius 2 is 1.23 bits per heavy atom. The van der Waals surface area contributed by atoms with E-state index in [-0.39, 0.29) is 0 Å². The molecule has 0 saturated carbocycles. The minimum atomic E-state index is 0.877. The standard InChI is InChI=1S/C21H19Cl/c22-21-12-5-4-10-20(21)11-6-7-17-13-15-19(16-14-17)18-8-2-1-3-9-18/h1-5,8-10,12-16H,6-7,11H2. The molecule has 0 spiro atoms. The lowest BCUT2D eigenvalue weighted by Crippen LogP contribution is -1.91. The molecule has 3 rings (SSSR count). The molecule has 0 atom stereocenters. The van der Waals surface area contributed by atoms with Crippen LogP contribution in [0, 0.1) is 0 Å². The highest BCUT2D eigenvalue weighted by Gasteiger charge is 2.01. The molecule has 0 fully saturated rings. The molecule has 3 aromatic carbocycles. The van der Waals surface area contributed by atoms with E-state index in [1.807, 2.05) is 18.2 Å². The van der Waals surface area contributed by atoms with Gasteiger partial charge in [0, 0.05) is 5.02 Å². The molecule has 0 aliphatic rings. The van der Waals surface area contributed by atoms with Gasteiger partial charge in [-0.3, -0.25) is 0 Å². The third-order valence-corrected chi connectivity index (χ3v) is 4.30. The Labute approximate surface area is 137 Å². The first kappa shape index (κ1) is 14.9. The van der Waals surface area contributed by atoms with Crippen molar-refractivity contribution in [2.24, 2.45) is 0 Å². The maximum Gasteiger partial charge on any atom is 0.0437 e. The summed E-state index contributed by atoms with van der Waals surface area (Å²) in [7, 11) is 0. The van der Waals surface area contributed by atoms with Crippen molar-refractivity contribution in [1.82, 2.24) is 0 Å². The van der Waals surface area contributed by atoms with E-state index in [2.05, 4.69) is 60.7 Å². The van der Waals surface area contributed by atoms with Gasteiger partial charge in [-0.2, -0.15) is 0 Å². The van der Waals surface area contributed by atoms with Gasteiger partial charge in [0.1, 0.15) is 0 Å². The summed E-state index contributed by atoms with van der Waals surface area (Å²) < 4.78 is 0. The van der Waals surface area contributed by atoms with Gasteiger partial charge in [-0.25, -0.2) is 0 Å². The summed E-state index contributed by atoms with van der Waals surface area (Å²) in [6.07, 6.45) is 3.23. The highest BCUT2D eigenvalue weighted by atomic mass is 35.5. The van der Waals surface area contributed by atoms with Crippen molar-refractivity contribution in [3.63, 3.8) is 0 Å². The van der Waals surface area contributed by atoms with E-state index < -0.39 is 0 Å². The number of benzene rings is 3. The molecule has 0 aliphatic carbocycles. The molecule has 0 N–H and O–H groups in total. The van der Waals surface area contributed by atoms with Gasteiger partial charge in [0.2, 0.25) is 0 Å².